The molecule has 1 amide bonds. The second kappa shape index (κ2) is 9.94. The molecule has 0 bridgehead atoms. The van der Waals surface area contributed by atoms with Crippen LogP contribution in [-0.4, -0.2) is 44.2 Å². The number of carbonyl (C=O) groups excluding carboxylic acids is 1. The fourth-order valence-electron chi connectivity index (χ4n) is 5.04. The fraction of sp³-hybridized carbons (Fsp3) is 0.125. The first kappa shape index (κ1) is 26.3. The van der Waals surface area contributed by atoms with Crippen molar-refractivity contribution in [3.63, 3.8) is 0 Å². The molecule has 206 valence electrons. The number of amides is 1. The van der Waals surface area contributed by atoms with Crippen LogP contribution >= 0.6 is 0 Å². The minimum absolute atomic E-state index is 0.299. The molecule has 6 aromatic rings. The number of hydrogen-bond donors (Lipinski definition) is 1. The number of nitrogens with one attached hydrogen (secondary N) is 1. The molecule has 2 heterocycles. The summed E-state index contributed by atoms with van der Waals surface area (Å²) >= 11 is 0. The lowest BCUT2D eigenvalue weighted by molar-refractivity contribution is 0.0964. The third kappa shape index (κ3) is 4.64. The van der Waals surface area contributed by atoms with Crippen molar-refractivity contribution in [3.05, 3.63) is 102 Å². The van der Waals surface area contributed by atoms with E-state index in [-0.39, 0.29) is 5.91 Å². The molecule has 0 fully saturated rings. The van der Waals surface area contributed by atoms with Crippen molar-refractivity contribution in [3.8, 4) is 28.1 Å². The van der Waals surface area contributed by atoms with Gasteiger partial charge in [-0.15, -0.1) is 0 Å². The number of aryl methyl sites for hydroxylation is 1. The van der Waals surface area contributed by atoms with E-state index in [1.54, 1.807) is 19.4 Å². The number of rotatable bonds is 6. The highest BCUT2D eigenvalue weighted by Gasteiger charge is 2.26. The summed E-state index contributed by atoms with van der Waals surface area (Å²) in [6.45, 7) is 1.99. The number of benzene rings is 4. The van der Waals surface area contributed by atoms with Crippen LogP contribution in [0.25, 0.3) is 50.1 Å². The molecule has 0 aliphatic carbocycles. The van der Waals surface area contributed by atoms with Gasteiger partial charge in [0.15, 0.2) is 0 Å². The topological polar surface area (TPSA) is 97.4 Å². The van der Waals surface area contributed by atoms with Crippen LogP contribution in [0.15, 0.2) is 95.7 Å². The number of fused-ring (bicyclic) bond motifs is 2. The Morgan fingerprint density at radius 1 is 0.951 bits per heavy atom. The van der Waals surface area contributed by atoms with Gasteiger partial charge in [-0.25, -0.2) is 13.4 Å². The van der Waals surface area contributed by atoms with Gasteiger partial charge in [0, 0.05) is 42.4 Å². The summed E-state index contributed by atoms with van der Waals surface area (Å²) < 4.78 is 34.9. The predicted molar refractivity (Wildman–Crippen MR) is 163 cm³/mol. The van der Waals surface area contributed by atoms with E-state index in [0.717, 1.165) is 39.7 Å². The van der Waals surface area contributed by atoms with Crippen molar-refractivity contribution in [2.45, 2.75) is 6.92 Å². The number of furan rings is 1. The number of anilines is 1. The van der Waals surface area contributed by atoms with Crippen molar-refractivity contribution >= 4 is 43.6 Å². The minimum atomic E-state index is -3.62. The Labute approximate surface area is 237 Å². The molecule has 9 heteroatoms. The standard InChI is InChI=1S/C32H28N4O4S/c1-20-10-12-21(13-11-20)31-30(32(37)33-2)25-17-24(28(18-29(25)40-31)35(3)41(4,38)39)22-14-15-27-26(16-22)34-19-36(27)23-8-6-5-7-9-23/h5-19H,1-4H3,(H,33,37). The largest absolute Gasteiger partial charge is 0.455 e. The van der Waals surface area contributed by atoms with E-state index in [1.807, 2.05) is 90.4 Å². The Bertz CT molecular complexity index is 2040. The van der Waals surface area contributed by atoms with Gasteiger partial charge in [-0.2, -0.15) is 0 Å². The van der Waals surface area contributed by atoms with Crippen molar-refractivity contribution in [1.82, 2.24) is 14.9 Å². The molecule has 0 aliphatic heterocycles. The van der Waals surface area contributed by atoms with Crippen LogP contribution in [-0.2, 0) is 10.0 Å². The highest BCUT2D eigenvalue weighted by molar-refractivity contribution is 7.92. The van der Waals surface area contributed by atoms with E-state index in [1.165, 1.54) is 11.4 Å². The molecule has 0 saturated carbocycles. The first-order valence-electron chi connectivity index (χ1n) is 13.0. The zero-order chi connectivity index (χ0) is 28.9. The third-order valence-electron chi connectivity index (χ3n) is 7.30. The molecule has 0 unspecified atom stereocenters. The van der Waals surface area contributed by atoms with E-state index in [0.29, 0.717) is 33.5 Å². The van der Waals surface area contributed by atoms with Crippen LogP contribution in [0.4, 0.5) is 5.69 Å². The summed E-state index contributed by atoms with van der Waals surface area (Å²) in [5, 5.41) is 3.31. The van der Waals surface area contributed by atoms with Crippen LogP contribution in [0.2, 0.25) is 0 Å². The molecule has 0 saturated heterocycles. The number of carbonyl (C=O) groups is 1. The van der Waals surface area contributed by atoms with Gasteiger partial charge in [0.2, 0.25) is 10.0 Å². The number of imidazole rings is 1. The summed E-state index contributed by atoms with van der Waals surface area (Å²) in [6, 6.07) is 27.0. The summed E-state index contributed by atoms with van der Waals surface area (Å²) in [6.07, 6.45) is 2.92. The molecule has 8 nitrogen and oxygen atoms in total. The number of hydrogen-bond acceptors (Lipinski definition) is 5. The summed E-state index contributed by atoms with van der Waals surface area (Å²) in [4.78, 5) is 17.8. The van der Waals surface area contributed by atoms with Crippen LogP contribution in [0.5, 0.6) is 0 Å². The van der Waals surface area contributed by atoms with Gasteiger partial charge in [-0.1, -0.05) is 54.1 Å². The monoisotopic (exact) mass is 564 g/mol. The van der Waals surface area contributed by atoms with Gasteiger partial charge in [-0.3, -0.25) is 13.7 Å². The number of aromatic nitrogens is 2. The van der Waals surface area contributed by atoms with Crippen LogP contribution in [0, 0.1) is 6.92 Å². The van der Waals surface area contributed by atoms with Crippen LogP contribution in [0.1, 0.15) is 15.9 Å². The molecule has 0 spiro atoms. The highest BCUT2D eigenvalue weighted by Crippen LogP contribution is 2.42. The Kier molecular flexibility index (Phi) is 6.38. The SMILES string of the molecule is CNC(=O)c1c(-c2ccc(C)cc2)oc2cc(N(C)S(C)(=O)=O)c(-c3ccc4c(c3)ncn4-c3ccccc3)cc12. The predicted octanol–water partition coefficient (Wildman–Crippen LogP) is 6.17. The number of nitrogens with zero attached hydrogens (tertiary/aromatic N) is 3. The van der Waals surface area contributed by atoms with Gasteiger partial charge in [-0.05, 0) is 42.8 Å². The molecule has 0 aliphatic rings. The molecular formula is C32H28N4O4S. The molecule has 6 rings (SSSR count). The van der Waals surface area contributed by atoms with Gasteiger partial charge >= 0.3 is 0 Å². The van der Waals surface area contributed by atoms with Crippen molar-refractivity contribution in [2.24, 2.45) is 0 Å². The second-order valence-corrected chi connectivity index (χ2v) is 12.0. The molecule has 1 N–H and O–H groups in total. The van der Waals surface area contributed by atoms with Crippen LogP contribution < -0.4 is 9.62 Å². The molecule has 4 aromatic carbocycles. The van der Waals surface area contributed by atoms with Crippen molar-refractivity contribution < 1.29 is 17.6 Å². The average molecular weight is 565 g/mol. The van der Waals surface area contributed by atoms with E-state index in [4.69, 9.17) is 4.42 Å². The fourth-order valence-corrected chi connectivity index (χ4v) is 5.54. The lowest BCUT2D eigenvalue weighted by atomic mass is 9.98. The van der Waals surface area contributed by atoms with Gasteiger partial charge in [0.05, 0.1) is 28.5 Å². The maximum absolute atomic E-state index is 13.2. The quantitative estimate of drug-likeness (QED) is 0.261. The first-order chi connectivity index (χ1) is 19.7. The summed E-state index contributed by atoms with van der Waals surface area (Å²) in [5.41, 5.74) is 7.07. The Hall–Kier alpha value is -4.89. The number of sulfonamides is 1. The smallest absolute Gasteiger partial charge is 0.255 e. The molecular weight excluding hydrogens is 536 g/mol. The zero-order valence-corrected chi connectivity index (χ0v) is 23.9. The second-order valence-electron chi connectivity index (χ2n) is 10.0. The van der Waals surface area contributed by atoms with E-state index < -0.39 is 10.0 Å². The Morgan fingerprint density at radius 3 is 2.34 bits per heavy atom. The van der Waals surface area contributed by atoms with E-state index >= 15 is 0 Å². The van der Waals surface area contributed by atoms with Gasteiger partial charge < -0.3 is 9.73 Å². The summed E-state index contributed by atoms with van der Waals surface area (Å²) in [7, 11) is -0.539. The highest BCUT2D eigenvalue weighted by atomic mass is 32.2. The Morgan fingerprint density at radius 2 is 1.66 bits per heavy atom. The lowest BCUT2D eigenvalue weighted by Gasteiger charge is -2.20. The maximum atomic E-state index is 13.2. The molecule has 0 atom stereocenters. The Balaban J connectivity index is 1.61. The lowest BCUT2D eigenvalue weighted by Crippen LogP contribution is -2.25. The first-order valence-corrected chi connectivity index (χ1v) is 14.9. The van der Waals surface area contributed by atoms with E-state index in [9.17, 15) is 13.2 Å². The molecule has 41 heavy (non-hydrogen) atoms. The molecule has 0 radical (unpaired) electrons. The summed E-state index contributed by atoms with van der Waals surface area (Å²) in [5.74, 6) is 0.119. The number of para-hydroxylation sites is 1. The maximum Gasteiger partial charge on any atom is 0.255 e. The normalized spacial score (nSPS) is 11.7. The average Bonchev–Trinajstić information content (AvgIpc) is 3.57. The van der Waals surface area contributed by atoms with Crippen molar-refractivity contribution in [2.75, 3.05) is 24.7 Å². The zero-order valence-electron chi connectivity index (χ0n) is 23.0. The van der Waals surface area contributed by atoms with Crippen LogP contribution in [0.3, 0.4) is 0 Å². The molecule has 2 aromatic heterocycles. The van der Waals surface area contributed by atoms with Crippen molar-refractivity contribution in [1.29, 1.82) is 0 Å². The third-order valence-corrected chi connectivity index (χ3v) is 8.50. The van der Waals surface area contributed by atoms with Gasteiger partial charge in [0.25, 0.3) is 5.91 Å². The minimum Gasteiger partial charge on any atom is -0.455 e. The van der Waals surface area contributed by atoms with E-state index in [2.05, 4.69) is 10.3 Å². The van der Waals surface area contributed by atoms with Gasteiger partial charge in [0.1, 0.15) is 17.7 Å².